The van der Waals surface area contributed by atoms with Crippen LogP contribution in [0, 0.1) is 11.8 Å². The highest BCUT2D eigenvalue weighted by Gasteiger charge is 1.99. The van der Waals surface area contributed by atoms with Crippen LogP contribution in [0.3, 0.4) is 0 Å². The number of allylic oxidation sites excluding steroid dienone is 1. The van der Waals surface area contributed by atoms with Gasteiger partial charge in [0.05, 0.1) is 14.2 Å². The molecule has 0 atom stereocenters. The third-order valence-electron chi connectivity index (χ3n) is 3.00. The lowest BCUT2D eigenvalue weighted by molar-refractivity contribution is 0.361. The Balaban J connectivity index is 1.84. The van der Waals surface area contributed by atoms with Crippen LogP contribution in [0.4, 0.5) is 0 Å². The Morgan fingerprint density at radius 3 is 2.39 bits per heavy atom. The average molecular weight is 310 g/mol. The largest absolute Gasteiger partial charge is 0.504 e. The van der Waals surface area contributed by atoms with Gasteiger partial charge in [-0.15, -0.1) is 0 Å². The molecule has 0 unspecified atom stereocenters. The molecule has 0 aliphatic heterocycles. The molecular weight excluding hydrogens is 292 g/mol. The molecule has 4 nitrogen and oxygen atoms in total. The standard InChI is InChI=1S/C19H18O4/c1-21-16-8-10-17(11-9-16)23-13-5-3-4-6-15-7-12-19(22-2)18(20)14-15/h3,5,7-12,14,20H,13H2,1-2H3. The molecule has 0 aromatic heterocycles. The molecule has 0 aliphatic rings. The Labute approximate surface area is 135 Å². The summed E-state index contributed by atoms with van der Waals surface area (Å²) in [5.41, 5.74) is 0.712. The summed E-state index contributed by atoms with van der Waals surface area (Å²) in [5.74, 6) is 7.88. The third kappa shape index (κ3) is 5.01. The molecule has 0 radical (unpaired) electrons. The predicted molar refractivity (Wildman–Crippen MR) is 89.2 cm³/mol. The number of rotatable bonds is 5. The highest BCUT2D eigenvalue weighted by atomic mass is 16.5. The van der Waals surface area contributed by atoms with E-state index in [1.807, 2.05) is 30.3 Å². The Morgan fingerprint density at radius 1 is 1.00 bits per heavy atom. The van der Waals surface area contributed by atoms with Gasteiger partial charge in [-0.2, -0.15) is 0 Å². The predicted octanol–water partition coefficient (Wildman–Crippen LogP) is 3.40. The van der Waals surface area contributed by atoms with Crippen molar-refractivity contribution < 1.29 is 19.3 Å². The van der Waals surface area contributed by atoms with Gasteiger partial charge in [0.25, 0.3) is 0 Å². The fourth-order valence-electron chi connectivity index (χ4n) is 1.82. The third-order valence-corrected chi connectivity index (χ3v) is 3.00. The lowest BCUT2D eigenvalue weighted by Crippen LogP contribution is -1.92. The number of phenols is 1. The first-order chi connectivity index (χ1) is 11.2. The van der Waals surface area contributed by atoms with Crippen LogP contribution in [0.25, 0.3) is 0 Å². The normalized spacial score (nSPS) is 10.0. The summed E-state index contributed by atoms with van der Waals surface area (Å²) < 4.78 is 15.6. The second kappa shape index (κ2) is 8.40. The lowest BCUT2D eigenvalue weighted by atomic mass is 10.2. The summed E-state index contributed by atoms with van der Waals surface area (Å²) in [7, 11) is 3.13. The van der Waals surface area contributed by atoms with E-state index in [0.29, 0.717) is 17.9 Å². The first kappa shape index (κ1) is 16.3. The molecular formula is C19H18O4. The minimum Gasteiger partial charge on any atom is -0.504 e. The fourth-order valence-corrected chi connectivity index (χ4v) is 1.82. The summed E-state index contributed by atoms with van der Waals surface area (Å²) >= 11 is 0. The molecule has 1 N–H and O–H groups in total. The molecule has 2 rings (SSSR count). The van der Waals surface area contributed by atoms with Gasteiger partial charge in [-0.1, -0.05) is 11.8 Å². The molecule has 0 amide bonds. The lowest BCUT2D eigenvalue weighted by Gasteiger charge is -2.03. The van der Waals surface area contributed by atoms with Gasteiger partial charge in [0.2, 0.25) is 0 Å². The average Bonchev–Trinajstić information content (AvgIpc) is 2.58. The molecule has 0 bridgehead atoms. The zero-order chi connectivity index (χ0) is 16.5. The van der Waals surface area contributed by atoms with Crippen molar-refractivity contribution in [2.24, 2.45) is 0 Å². The molecule has 23 heavy (non-hydrogen) atoms. The Morgan fingerprint density at radius 2 is 1.74 bits per heavy atom. The minimum absolute atomic E-state index is 0.0751. The number of aromatic hydroxyl groups is 1. The van der Waals surface area contributed by atoms with Crippen molar-refractivity contribution in [3.63, 3.8) is 0 Å². The maximum absolute atomic E-state index is 9.66. The number of phenolic OH excluding ortho intramolecular Hbond substituents is 1. The van der Waals surface area contributed by atoms with Crippen LogP contribution < -0.4 is 14.2 Å². The van der Waals surface area contributed by atoms with Crippen LogP contribution in [-0.4, -0.2) is 25.9 Å². The van der Waals surface area contributed by atoms with E-state index < -0.39 is 0 Å². The molecule has 2 aromatic rings. The van der Waals surface area contributed by atoms with E-state index >= 15 is 0 Å². The molecule has 0 spiro atoms. The van der Waals surface area contributed by atoms with Gasteiger partial charge < -0.3 is 19.3 Å². The van der Waals surface area contributed by atoms with E-state index in [0.717, 1.165) is 11.5 Å². The van der Waals surface area contributed by atoms with E-state index in [-0.39, 0.29) is 5.75 Å². The number of benzene rings is 2. The van der Waals surface area contributed by atoms with E-state index in [2.05, 4.69) is 11.8 Å². The summed E-state index contributed by atoms with van der Waals surface area (Å²) in [6.07, 6.45) is 3.53. The zero-order valence-electron chi connectivity index (χ0n) is 13.1. The van der Waals surface area contributed by atoms with Gasteiger partial charge in [-0.05, 0) is 54.6 Å². The van der Waals surface area contributed by atoms with E-state index in [9.17, 15) is 5.11 Å². The first-order valence-corrected chi connectivity index (χ1v) is 7.03. The van der Waals surface area contributed by atoms with Gasteiger partial charge in [0.1, 0.15) is 18.1 Å². The summed E-state index contributed by atoms with van der Waals surface area (Å²) in [6.45, 7) is 0.425. The number of hydrogen-bond acceptors (Lipinski definition) is 4. The van der Waals surface area contributed by atoms with E-state index in [1.165, 1.54) is 7.11 Å². The van der Waals surface area contributed by atoms with Crippen molar-refractivity contribution in [1.29, 1.82) is 0 Å². The number of hydrogen-bond donors (Lipinski definition) is 1. The molecule has 4 heteroatoms. The highest BCUT2D eigenvalue weighted by molar-refractivity contribution is 5.48. The highest BCUT2D eigenvalue weighted by Crippen LogP contribution is 2.25. The van der Waals surface area contributed by atoms with Crippen molar-refractivity contribution in [3.8, 4) is 34.8 Å². The fraction of sp³-hybridized carbons (Fsp3) is 0.158. The molecule has 0 heterocycles. The van der Waals surface area contributed by atoms with Crippen molar-refractivity contribution in [3.05, 3.63) is 60.2 Å². The van der Waals surface area contributed by atoms with Crippen LogP contribution in [0.15, 0.2) is 54.6 Å². The van der Waals surface area contributed by atoms with Crippen molar-refractivity contribution in [1.82, 2.24) is 0 Å². The van der Waals surface area contributed by atoms with Gasteiger partial charge in [0.15, 0.2) is 11.5 Å². The minimum atomic E-state index is 0.0751. The van der Waals surface area contributed by atoms with Crippen molar-refractivity contribution >= 4 is 0 Å². The SMILES string of the molecule is COc1ccc(OCC=CC#Cc2ccc(OC)c(O)c2)cc1. The van der Waals surface area contributed by atoms with Crippen LogP contribution in [-0.2, 0) is 0 Å². The topological polar surface area (TPSA) is 47.9 Å². The number of methoxy groups -OCH3 is 2. The van der Waals surface area contributed by atoms with E-state index in [1.54, 1.807) is 31.4 Å². The molecule has 0 saturated heterocycles. The second-order valence-electron chi connectivity index (χ2n) is 4.54. The maximum Gasteiger partial charge on any atom is 0.160 e. The van der Waals surface area contributed by atoms with Crippen molar-refractivity contribution in [2.75, 3.05) is 20.8 Å². The molecule has 0 aliphatic carbocycles. The van der Waals surface area contributed by atoms with Crippen LogP contribution in [0.1, 0.15) is 5.56 Å². The summed E-state index contributed by atoms with van der Waals surface area (Å²) in [5, 5.41) is 9.66. The van der Waals surface area contributed by atoms with Crippen LogP contribution in [0.2, 0.25) is 0 Å². The first-order valence-electron chi connectivity index (χ1n) is 7.03. The summed E-state index contributed by atoms with van der Waals surface area (Å²) in [4.78, 5) is 0. The molecule has 2 aromatic carbocycles. The second-order valence-corrected chi connectivity index (χ2v) is 4.54. The van der Waals surface area contributed by atoms with Gasteiger partial charge in [0, 0.05) is 5.56 Å². The quantitative estimate of drug-likeness (QED) is 0.860. The van der Waals surface area contributed by atoms with E-state index in [4.69, 9.17) is 14.2 Å². The van der Waals surface area contributed by atoms with Gasteiger partial charge >= 0.3 is 0 Å². The zero-order valence-corrected chi connectivity index (χ0v) is 13.1. The maximum atomic E-state index is 9.66. The Bertz CT molecular complexity index is 721. The van der Waals surface area contributed by atoms with Crippen LogP contribution in [0.5, 0.6) is 23.0 Å². The van der Waals surface area contributed by atoms with Crippen molar-refractivity contribution in [2.45, 2.75) is 0 Å². The summed E-state index contributed by atoms with van der Waals surface area (Å²) in [6, 6.07) is 12.4. The Kier molecular flexibility index (Phi) is 5.96. The van der Waals surface area contributed by atoms with Crippen LogP contribution >= 0.6 is 0 Å². The molecule has 0 fully saturated rings. The monoisotopic (exact) mass is 310 g/mol. The number of ether oxygens (including phenoxy) is 3. The smallest absolute Gasteiger partial charge is 0.160 e. The molecule has 118 valence electrons. The Hall–Kier alpha value is -3.06. The molecule has 0 saturated carbocycles. The van der Waals surface area contributed by atoms with Gasteiger partial charge in [-0.25, -0.2) is 0 Å². The van der Waals surface area contributed by atoms with Gasteiger partial charge in [-0.3, -0.25) is 0 Å².